The first-order chi connectivity index (χ1) is 9.20. The Morgan fingerprint density at radius 1 is 1.37 bits per heavy atom. The molecule has 2 aromatic rings. The number of aliphatic hydroxyl groups excluding tert-OH is 1. The molecule has 5 nitrogen and oxygen atoms in total. The van der Waals surface area contributed by atoms with E-state index in [-0.39, 0.29) is 18.6 Å². The number of carbonyl (C=O) groups excluding carboxylic acids is 1. The molecule has 0 aliphatic heterocycles. The summed E-state index contributed by atoms with van der Waals surface area (Å²) in [5.74, 6) is -0.227. The first-order valence-corrected chi connectivity index (χ1v) is 6.14. The number of benzene rings is 1. The summed E-state index contributed by atoms with van der Waals surface area (Å²) >= 11 is 0. The van der Waals surface area contributed by atoms with Crippen LogP contribution < -0.4 is 5.32 Å². The molecule has 0 fully saturated rings. The van der Waals surface area contributed by atoms with Crippen molar-refractivity contribution >= 4 is 5.91 Å². The molecule has 5 heteroatoms. The molecule has 0 saturated heterocycles. The van der Waals surface area contributed by atoms with E-state index < -0.39 is 0 Å². The lowest BCUT2D eigenvalue weighted by molar-refractivity contribution is 0.0907. The molecule has 1 unspecified atom stereocenters. The van der Waals surface area contributed by atoms with Crippen molar-refractivity contribution in [2.45, 2.75) is 12.5 Å². The number of hydrogen-bond acceptors (Lipinski definition) is 3. The molecule has 1 amide bonds. The van der Waals surface area contributed by atoms with E-state index >= 15 is 0 Å². The van der Waals surface area contributed by atoms with Gasteiger partial charge < -0.3 is 10.4 Å². The van der Waals surface area contributed by atoms with Gasteiger partial charge >= 0.3 is 0 Å². The van der Waals surface area contributed by atoms with Crippen molar-refractivity contribution in [2.75, 3.05) is 6.61 Å². The number of carbonyl (C=O) groups is 1. The van der Waals surface area contributed by atoms with Crippen LogP contribution in [-0.4, -0.2) is 33.4 Å². The average Bonchev–Trinajstić information content (AvgIpc) is 2.85. The summed E-state index contributed by atoms with van der Waals surface area (Å²) in [5, 5.41) is 16.1. The van der Waals surface area contributed by atoms with E-state index in [0.717, 1.165) is 5.56 Å². The number of aliphatic hydroxyl groups is 1. The number of rotatable bonds is 5. The van der Waals surface area contributed by atoms with Crippen LogP contribution in [0.25, 0.3) is 0 Å². The quantitative estimate of drug-likeness (QED) is 0.832. The van der Waals surface area contributed by atoms with Crippen LogP contribution in [0.2, 0.25) is 0 Å². The number of nitrogens with zero attached hydrogens (tertiary/aromatic N) is 2. The molecule has 1 aromatic carbocycles. The summed E-state index contributed by atoms with van der Waals surface area (Å²) in [5.41, 5.74) is 1.55. The van der Waals surface area contributed by atoms with Crippen molar-refractivity contribution in [3.05, 3.63) is 53.9 Å². The van der Waals surface area contributed by atoms with E-state index in [1.807, 2.05) is 30.3 Å². The van der Waals surface area contributed by atoms with Crippen LogP contribution >= 0.6 is 0 Å². The minimum Gasteiger partial charge on any atom is -0.394 e. The third kappa shape index (κ3) is 3.42. The van der Waals surface area contributed by atoms with E-state index in [4.69, 9.17) is 0 Å². The van der Waals surface area contributed by atoms with Gasteiger partial charge in [-0.1, -0.05) is 30.3 Å². The molecule has 1 heterocycles. The van der Waals surface area contributed by atoms with Gasteiger partial charge in [0.15, 0.2) is 0 Å². The highest BCUT2D eigenvalue weighted by atomic mass is 16.3. The second-order valence-electron chi connectivity index (χ2n) is 4.38. The monoisotopic (exact) mass is 259 g/mol. The van der Waals surface area contributed by atoms with Crippen LogP contribution in [0.4, 0.5) is 0 Å². The van der Waals surface area contributed by atoms with Crippen molar-refractivity contribution in [1.29, 1.82) is 0 Å². The Hall–Kier alpha value is -2.14. The Balaban J connectivity index is 2.00. The van der Waals surface area contributed by atoms with Crippen molar-refractivity contribution in [2.24, 2.45) is 7.05 Å². The lowest BCUT2D eigenvalue weighted by atomic mass is 10.1. The third-order valence-electron chi connectivity index (χ3n) is 2.93. The standard InChI is InChI=1S/C14H17N3O2/c1-17-13(7-8-15-17)14(19)16-12(10-18)9-11-5-3-2-4-6-11/h2-8,12,18H,9-10H2,1H3,(H,16,19). The van der Waals surface area contributed by atoms with Gasteiger partial charge in [-0.3, -0.25) is 9.48 Å². The van der Waals surface area contributed by atoms with Crippen molar-refractivity contribution < 1.29 is 9.90 Å². The molecular formula is C14H17N3O2. The largest absolute Gasteiger partial charge is 0.394 e. The van der Waals surface area contributed by atoms with Crippen molar-refractivity contribution in [1.82, 2.24) is 15.1 Å². The predicted octanol–water partition coefficient (Wildman–Crippen LogP) is 0.753. The Morgan fingerprint density at radius 2 is 2.11 bits per heavy atom. The second-order valence-corrected chi connectivity index (χ2v) is 4.38. The van der Waals surface area contributed by atoms with E-state index in [1.165, 1.54) is 4.68 Å². The van der Waals surface area contributed by atoms with Gasteiger partial charge in [0.2, 0.25) is 0 Å². The van der Waals surface area contributed by atoms with Gasteiger partial charge in [0.05, 0.1) is 12.6 Å². The Labute approximate surface area is 111 Å². The van der Waals surface area contributed by atoms with Crippen LogP contribution in [0.15, 0.2) is 42.6 Å². The van der Waals surface area contributed by atoms with Crippen molar-refractivity contribution in [3.63, 3.8) is 0 Å². The van der Waals surface area contributed by atoms with Crippen LogP contribution in [0.3, 0.4) is 0 Å². The molecule has 19 heavy (non-hydrogen) atoms. The highest BCUT2D eigenvalue weighted by Crippen LogP contribution is 2.04. The second kappa shape index (κ2) is 6.15. The Morgan fingerprint density at radius 3 is 2.68 bits per heavy atom. The van der Waals surface area contributed by atoms with Crippen LogP contribution in [0.1, 0.15) is 16.1 Å². The fourth-order valence-corrected chi connectivity index (χ4v) is 1.92. The van der Waals surface area contributed by atoms with Gasteiger partial charge in [0.25, 0.3) is 5.91 Å². The summed E-state index contributed by atoms with van der Waals surface area (Å²) in [4.78, 5) is 12.0. The summed E-state index contributed by atoms with van der Waals surface area (Å²) in [6.45, 7) is -0.0987. The lowest BCUT2D eigenvalue weighted by Gasteiger charge is -2.16. The zero-order valence-electron chi connectivity index (χ0n) is 10.8. The molecular weight excluding hydrogens is 242 g/mol. The number of amides is 1. The van der Waals surface area contributed by atoms with Gasteiger partial charge in [-0.15, -0.1) is 0 Å². The molecule has 0 radical (unpaired) electrons. The average molecular weight is 259 g/mol. The fraction of sp³-hybridized carbons (Fsp3) is 0.286. The molecule has 0 aliphatic rings. The normalized spacial score (nSPS) is 12.1. The molecule has 0 spiro atoms. The predicted molar refractivity (Wildman–Crippen MR) is 71.7 cm³/mol. The Bertz CT molecular complexity index is 537. The SMILES string of the molecule is Cn1nccc1C(=O)NC(CO)Cc1ccccc1. The highest BCUT2D eigenvalue weighted by Gasteiger charge is 2.15. The maximum atomic E-state index is 12.0. The van der Waals surface area contributed by atoms with Gasteiger partial charge in [0.1, 0.15) is 5.69 Å². The minimum absolute atomic E-state index is 0.0987. The fourth-order valence-electron chi connectivity index (χ4n) is 1.92. The van der Waals surface area contributed by atoms with E-state index in [0.29, 0.717) is 12.1 Å². The van der Waals surface area contributed by atoms with Gasteiger partial charge in [0, 0.05) is 13.2 Å². The minimum atomic E-state index is -0.301. The van der Waals surface area contributed by atoms with Crippen molar-refractivity contribution in [3.8, 4) is 0 Å². The molecule has 2 rings (SSSR count). The molecule has 1 aromatic heterocycles. The summed E-state index contributed by atoms with van der Waals surface area (Å²) in [6.07, 6.45) is 2.17. The Kier molecular flexibility index (Phi) is 4.30. The number of nitrogens with one attached hydrogen (secondary N) is 1. The first kappa shape index (κ1) is 13.3. The topological polar surface area (TPSA) is 67.2 Å². The summed E-state index contributed by atoms with van der Waals surface area (Å²) in [7, 11) is 1.71. The maximum absolute atomic E-state index is 12.0. The molecule has 100 valence electrons. The zero-order valence-corrected chi connectivity index (χ0v) is 10.8. The number of aryl methyl sites for hydroxylation is 1. The van der Waals surface area contributed by atoms with E-state index in [2.05, 4.69) is 10.4 Å². The van der Waals surface area contributed by atoms with Gasteiger partial charge in [-0.05, 0) is 18.1 Å². The van der Waals surface area contributed by atoms with Crippen LogP contribution in [-0.2, 0) is 13.5 Å². The summed E-state index contributed by atoms with van der Waals surface area (Å²) < 4.78 is 1.51. The van der Waals surface area contributed by atoms with E-state index in [1.54, 1.807) is 19.3 Å². The van der Waals surface area contributed by atoms with Crippen LogP contribution in [0, 0.1) is 0 Å². The molecule has 0 bridgehead atoms. The molecule has 1 atom stereocenters. The third-order valence-corrected chi connectivity index (χ3v) is 2.93. The lowest BCUT2D eigenvalue weighted by Crippen LogP contribution is -2.39. The smallest absolute Gasteiger partial charge is 0.269 e. The highest BCUT2D eigenvalue weighted by molar-refractivity contribution is 5.92. The number of hydrogen-bond donors (Lipinski definition) is 2. The summed E-state index contributed by atoms with van der Waals surface area (Å²) in [6, 6.07) is 11.1. The molecule has 0 aliphatic carbocycles. The first-order valence-electron chi connectivity index (χ1n) is 6.14. The van der Waals surface area contributed by atoms with Gasteiger partial charge in [-0.25, -0.2) is 0 Å². The van der Waals surface area contributed by atoms with Crippen LogP contribution in [0.5, 0.6) is 0 Å². The molecule has 2 N–H and O–H groups in total. The van der Waals surface area contributed by atoms with E-state index in [9.17, 15) is 9.90 Å². The van der Waals surface area contributed by atoms with Gasteiger partial charge in [-0.2, -0.15) is 5.10 Å². The maximum Gasteiger partial charge on any atom is 0.269 e. The molecule has 0 saturated carbocycles. The number of aromatic nitrogens is 2. The zero-order chi connectivity index (χ0) is 13.7.